The highest BCUT2D eigenvalue weighted by molar-refractivity contribution is 9.10. The standard InChI is InChI=1S/C13H15BrN2OS/c1-9-12(14)6-11(18-9)8-15-7-10-4-3-5-16-13(10)17-2/h3-6,15H,7-8H2,1-2H3. The van der Waals surface area contributed by atoms with Gasteiger partial charge < -0.3 is 10.1 Å². The molecule has 0 spiro atoms. The summed E-state index contributed by atoms with van der Waals surface area (Å²) in [5.41, 5.74) is 1.08. The van der Waals surface area contributed by atoms with Gasteiger partial charge in [-0.15, -0.1) is 11.3 Å². The van der Waals surface area contributed by atoms with Crippen LogP contribution < -0.4 is 10.1 Å². The predicted octanol–water partition coefficient (Wildman–Crippen LogP) is 3.51. The largest absolute Gasteiger partial charge is 0.481 e. The van der Waals surface area contributed by atoms with E-state index < -0.39 is 0 Å². The second-order valence-electron chi connectivity index (χ2n) is 3.89. The van der Waals surface area contributed by atoms with Crippen LogP contribution in [-0.4, -0.2) is 12.1 Å². The van der Waals surface area contributed by atoms with E-state index >= 15 is 0 Å². The summed E-state index contributed by atoms with van der Waals surface area (Å²) in [6.07, 6.45) is 1.74. The van der Waals surface area contributed by atoms with Crippen LogP contribution in [0, 0.1) is 6.92 Å². The van der Waals surface area contributed by atoms with Crippen molar-refractivity contribution in [1.82, 2.24) is 10.3 Å². The number of aryl methyl sites for hydroxylation is 1. The molecule has 2 aromatic rings. The number of methoxy groups -OCH3 is 1. The maximum atomic E-state index is 5.22. The minimum atomic E-state index is 0.688. The number of pyridine rings is 1. The molecular weight excluding hydrogens is 312 g/mol. The Balaban J connectivity index is 1.92. The summed E-state index contributed by atoms with van der Waals surface area (Å²) in [5, 5.41) is 3.40. The zero-order valence-corrected chi connectivity index (χ0v) is 12.8. The van der Waals surface area contributed by atoms with Gasteiger partial charge in [0.2, 0.25) is 5.88 Å². The van der Waals surface area contributed by atoms with Gasteiger partial charge in [-0.25, -0.2) is 4.98 Å². The summed E-state index contributed by atoms with van der Waals surface area (Å²) >= 11 is 5.33. The van der Waals surface area contributed by atoms with Crippen molar-refractivity contribution < 1.29 is 4.74 Å². The molecule has 2 heterocycles. The summed E-state index contributed by atoms with van der Waals surface area (Å²) in [7, 11) is 1.64. The lowest BCUT2D eigenvalue weighted by molar-refractivity contribution is 0.390. The van der Waals surface area contributed by atoms with Crippen LogP contribution in [0.25, 0.3) is 0 Å². The number of halogens is 1. The van der Waals surface area contributed by atoms with E-state index in [4.69, 9.17) is 4.74 Å². The van der Waals surface area contributed by atoms with Gasteiger partial charge in [-0.05, 0) is 35.0 Å². The molecule has 0 aliphatic heterocycles. The number of nitrogens with zero attached hydrogens (tertiary/aromatic N) is 1. The first-order valence-electron chi connectivity index (χ1n) is 5.64. The molecule has 96 valence electrons. The molecule has 0 saturated heterocycles. The highest BCUT2D eigenvalue weighted by atomic mass is 79.9. The van der Waals surface area contributed by atoms with Gasteiger partial charge in [-0.2, -0.15) is 0 Å². The van der Waals surface area contributed by atoms with Crippen LogP contribution in [0.2, 0.25) is 0 Å². The number of hydrogen-bond acceptors (Lipinski definition) is 4. The monoisotopic (exact) mass is 326 g/mol. The van der Waals surface area contributed by atoms with Crippen molar-refractivity contribution in [3.63, 3.8) is 0 Å². The first-order valence-corrected chi connectivity index (χ1v) is 7.25. The van der Waals surface area contributed by atoms with E-state index in [9.17, 15) is 0 Å². The molecule has 18 heavy (non-hydrogen) atoms. The SMILES string of the molecule is COc1ncccc1CNCc1cc(Br)c(C)s1. The number of nitrogens with one attached hydrogen (secondary N) is 1. The quantitative estimate of drug-likeness (QED) is 0.912. The number of ether oxygens (including phenoxy) is 1. The number of hydrogen-bond donors (Lipinski definition) is 1. The van der Waals surface area contributed by atoms with Gasteiger partial charge in [0.25, 0.3) is 0 Å². The van der Waals surface area contributed by atoms with E-state index in [1.54, 1.807) is 24.6 Å². The molecule has 0 atom stereocenters. The van der Waals surface area contributed by atoms with Crippen LogP contribution in [0.1, 0.15) is 15.3 Å². The molecule has 0 unspecified atom stereocenters. The van der Waals surface area contributed by atoms with Crippen molar-refractivity contribution in [2.45, 2.75) is 20.0 Å². The fourth-order valence-electron chi connectivity index (χ4n) is 1.67. The zero-order chi connectivity index (χ0) is 13.0. The van der Waals surface area contributed by atoms with Crippen molar-refractivity contribution in [3.8, 4) is 5.88 Å². The van der Waals surface area contributed by atoms with Crippen molar-refractivity contribution in [2.24, 2.45) is 0 Å². The Morgan fingerprint density at radius 3 is 2.94 bits per heavy atom. The first kappa shape index (κ1) is 13.5. The second kappa shape index (κ2) is 6.31. The van der Waals surface area contributed by atoms with Crippen LogP contribution in [0.3, 0.4) is 0 Å². The predicted molar refractivity (Wildman–Crippen MR) is 78.1 cm³/mol. The first-order chi connectivity index (χ1) is 8.70. The van der Waals surface area contributed by atoms with Crippen LogP contribution in [0.5, 0.6) is 5.88 Å². The van der Waals surface area contributed by atoms with Gasteiger partial charge in [-0.1, -0.05) is 6.07 Å². The van der Waals surface area contributed by atoms with Gasteiger partial charge in [-0.3, -0.25) is 0 Å². The van der Waals surface area contributed by atoms with Gasteiger partial charge in [0.15, 0.2) is 0 Å². The molecule has 0 bridgehead atoms. The molecule has 0 saturated carbocycles. The summed E-state index contributed by atoms with van der Waals surface area (Å²) in [6.45, 7) is 3.73. The highest BCUT2D eigenvalue weighted by Crippen LogP contribution is 2.26. The van der Waals surface area contributed by atoms with Crippen LogP contribution >= 0.6 is 27.3 Å². The van der Waals surface area contributed by atoms with E-state index in [1.807, 2.05) is 12.1 Å². The molecule has 5 heteroatoms. The Labute approximate surface area is 119 Å². The number of thiophene rings is 1. The average molecular weight is 327 g/mol. The summed E-state index contributed by atoms with van der Waals surface area (Å²) in [5.74, 6) is 0.688. The topological polar surface area (TPSA) is 34.1 Å². The normalized spacial score (nSPS) is 10.6. The van der Waals surface area contributed by atoms with Crippen LogP contribution in [0.15, 0.2) is 28.9 Å². The fourth-order valence-corrected chi connectivity index (χ4v) is 3.24. The average Bonchev–Trinajstić information content (AvgIpc) is 2.69. The molecule has 0 aliphatic rings. The maximum Gasteiger partial charge on any atom is 0.217 e. The molecule has 1 N–H and O–H groups in total. The number of aromatic nitrogens is 1. The van der Waals surface area contributed by atoms with Crippen molar-refractivity contribution in [3.05, 3.63) is 44.2 Å². The molecule has 0 aliphatic carbocycles. The molecule has 2 aromatic heterocycles. The molecular formula is C13H15BrN2OS. The lowest BCUT2D eigenvalue weighted by Gasteiger charge is -2.07. The molecule has 3 nitrogen and oxygen atoms in total. The molecule has 0 fully saturated rings. The fraction of sp³-hybridized carbons (Fsp3) is 0.308. The Morgan fingerprint density at radius 1 is 1.44 bits per heavy atom. The van der Waals surface area contributed by atoms with E-state index in [0.717, 1.165) is 18.7 Å². The molecule has 0 amide bonds. The third-order valence-electron chi connectivity index (χ3n) is 2.57. The van der Waals surface area contributed by atoms with E-state index in [1.165, 1.54) is 14.2 Å². The maximum absolute atomic E-state index is 5.22. The highest BCUT2D eigenvalue weighted by Gasteiger charge is 2.05. The number of rotatable bonds is 5. The molecule has 0 radical (unpaired) electrons. The van der Waals surface area contributed by atoms with Crippen molar-refractivity contribution in [2.75, 3.05) is 7.11 Å². The Hall–Kier alpha value is -0.910. The minimum absolute atomic E-state index is 0.688. The Morgan fingerprint density at radius 2 is 2.28 bits per heavy atom. The van der Waals surface area contributed by atoms with E-state index in [0.29, 0.717) is 5.88 Å². The van der Waals surface area contributed by atoms with E-state index in [2.05, 4.69) is 39.2 Å². The summed E-state index contributed by atoms with van der Waals surface area (Å²) in [6, 6.07) is 6.10. The lowest BCUT2D eigenvalue weighted by Crippen LogP contribution is -2.12. The third-order valence-corrected chi connectivity index (χ3v) is 4.70. The molecule has 2 rings (SSSR count). The zero-order valence-electron chi connectivity index (χ0n) is 10.4. The van der Waals surface area contributed by atoms with Gasteiger partial charge in [0.05, 0.1) is 7.11 Å². The summed E-state index contributed by atoms with van der Waals surface area (Å²) < 4.78 is 6.40. The van der Waals surface area contributed by atoms with Gasteiger partial charge in [0, 0.05) is 39.1 Å². The minimum Gasteiger partial charge on any atom is -0.481 e. The Bertz CT molecular complexity index is 508. The summed E-state index contributed by atoms with van der Waals surface area (Å²) in [4.78, 5) is 6.81. The molecule has 0 aromatic carbocycles. The lowest BCUT2D eigenvalue weighted by atomic mass is 10.2. The van der Waals surface area contributed by atoms with Crippen molar-refractivity contribution >= 4 is 27.3 Å². The third kappa shape index (κ3) is 3.31. The van der Waals surface area contributed by atoms with Crippen LogP contribution in [-0.2, 0) is 13.1 Å². The second-order valence-corrected chi connectivity index (χ2v) is 6.09. The van der Waals surface area contributed by atoms with Gasteiger partial charge >= 0.3 is 0 Å². The van der Waals surface area contributed by atoms with Crippen molar-refractivity contribution in [1.29, 1.82) is 0 Å². The smallest absolute Gasteiger partial charge is 0.217 e. The van der Waals surface area contributed by atoms with Crippen LogP contribution in [0.4, 0.5) is 0 Å². The van der Waals surface area contributed by atoms with E-state index in [-0.39, 0.29) is 0 Å². The Kier molecular flexibility index (Phi) is 4.74. The van der Waals surface area contributed by atoms with Gasteiger partial charge in [0.1, 0.15) is 0 Å².